The maximum atomic E-state index is 14.0. The van der Waals surface area contributed by atoms with Gasteiger partial charge in [-0.2, -0.15) is 0 Å². The molecule has 0 bridgehead atoms. The van der Waals surface area contributed by atoms with Crippen LogP contribution < -0.4 is 10.2 Å². The number of fused-ring (bicyclic) bond motifs is 2. The van der Waals surface area contributed by atoms with E-state index in [9.17, 15) is 9.90 Å². The number of hydrogen-bond donors (Lipinski definition) is 3. The highest BCUT2D eigenvalue weighted by atomic mass is 35.5. The summed E-state index contributed by atoms with van der Waals surface area (Å²) in [5.74, 6) is 0.0272. The molecule has 0 saturated carbocycles. The maximum Gasteiger partial charge on any atom is 0.255 e. The predicted octanol–water partition coefficient (Wildman–Crippen LogP) is 6.35. The summed E-state index contributed by atoms with van der Waals surface area (Å²) in [6, 6.07) is 29.2. The molecule has 1 unspecified atom stereocenters. The molecule has 3 heterocycles. The molecule has 0 aliphatic carbocycles. The van der Waals surface area contributed by atoms with Gasteiger partial charge >= 0.3 is 0 Å². The molecular formula is C33H29ClN4O2. The van der Waals surface area contributed by atoms with Crippen molar-refractivity contribution in [3.8, 4) is 16.9 Å². The van der Waals surface area contributed by atoms with Gasteiger partial charge in [0.05, 0.1) is 0 Å². The van der Waals surface area contributed by atoms with E-state index < -0.39 is 6.04 Å². The minimum atomic E-state index is -0.534. The third-order valence-corrected chi connectivity index (χ3v) is 8.30. The maximum absolute atomic E-state index is 14.0. The Morgan fingerprint density at radius 1 is 0.850 bits per heavy atom. The van der Waals surface area contributed by atoms with E-state index in [-0.39, 0.29) is 11.7 Å². The van der Waals surface area contributed by atoms with Crippen molar-refractivity contribution in [2.24, 2.45) is 0 Å². The number of rotatable bonds is 5. The van der Waals surface area contributed by atoms with Crippen LogP contribution in [0.3, 0.4) is 0 Å². The second kappa shape index (κ2) is 10.0. The molecule has 6 nitrogen and oxygen atoms in total. The Kier molecular flexibility index (Phi) is 6.22. The summed E-state index contributed by atoms with van der Waals surface area (Å²) in [6.07, 6.45) is 0. The first-order chi connectivity index (χ1) is 19.5. The first-order valence-corrected chi connectivity index (χ1v) is 14.0. The molecule has 2 aliphatic heterocycles. The monoisotopic (exact) mass is 548 g/mol. The van der Waals surface area contributed by atoms with Gasteiger partial charge < -0.3 is 25.2 Å². The Morgan fingerprint density at radius 2 is 1.62 bits per heavy atom. The highest BCUT2D eigenvalue weighted by Gasteiger charge is 2.36. The third-order valence-electron chi connectivity index (χ3n) is 8.07. The van der Waals surface area contributed by atoms with Gasteiger partial charge in [-0.1, -0.05) is 54.1 Å². The highest BCUT2D eigenvalue weighted by molar-refractivity contribution is 6.30. The lowest BCUT2D eigenvalue weighted by Gasteiger charge is -2.29. The molecule has 1 fully saturated rings. The quantitative estimate of drug-likeness (QED) is 0.239. The van der Waals surface area contributed by atoms with Crippen molar-refractivity contribution in [1.29, 1.82) is 0 Å². The van der Waals surface area contributed by atoms with E-state index in [4.69, 9.17) is 11.6 Å². The molecule has 200 valence electrons. The number of carbonyl (C=O) groups is 1. The van der Waals surface area contributed by atoms with Crippen molar-refractivity contribution in [2.75, 3.05) is 31.1 Å². The number of benzene rings is 4. The molecule has 4 aromatic carbocycles. The Bertz CT molecular complexity index is 1690. The summed E-state index contributed by atoms with van der Waals surface area (Å²) in [6.45, 7) is 4.43. The van der Waals surface area contributed by atoms with E-state index in [1.807, 2.05) is 47.4 Å². The molecule has 40 heavy (non-hydrogen) atoms. The van der Waals surface area contributed by atoms with E-state index in [0.29, 0.717) is 22.7 Å². The number of nitrogens with zero attached hydrogens (tertiary/aromatic N) is 2. The fourth-order valence-corrected chi connectivity index (χ4v) is 6.17. The van der Waals surface area contributed by atoms with Crippen LogP contribution in [0.1, 0.15) is 33.2 Å². The lowest BCUT2D eigenvalue weighted by molar-refractivity contribution is 0.0727. The molecule has 0 radical (unpaired) electrons. The van der Waals surface area contributed by atoms with Crippen molar-refractivity contribution in [1.82, 2.24) is 15.2 Å². The van der Waals surface area contributed by atoms with Crippen LogP contribution in [0, 0.1) is 0 Å². The summed E-state index contributed by atoms with van der Waals surface area (Å²) >= 11 is 6.38. The third kappa shape index (κ3) is 4.39. The second-order valence-corrected chi connectivity index (χ2v) is 10.9. The molecule has 2 aliphatic rings. The van der Waals surface area contributed by atoms with E-state index in [2.05, 4.69) is 45.5 Å². The van der Waals surface area contributed by atoms with Gasteiger partial charge in [0, 0.05) is 65.8 Å². The molecule has 1 amide bonds. The van der Waals surface area contributed by atoms with Crippen LogP contribution in [-0.2, 0) is 6.54 Å². The van der Waals surface area contributed by atoms with Gasteiger partial charge in [0.15, 0.2) is 0 Å². The number of hydrogen-bond acceptors (Lipinski definition) is 4. The summed E-state index contributed by atoms with van der Waals surface area (Å²) in [4.78, 5) is 21.7. The van der Waals surface area contributed by atoms with E-state index >= 15 is 0 Å². The topological polar surface area (TPSA) is 71.6 Å². The first-order valence-electron chi connectivity index (χ1n) is 13.6. The van der Waals surface area contributed by atoms with Crippen molar-refractivity contribution in [3.63, 3.8) is 0 Å². The zero-order valence-electron chi connectivity index (χ0n) is 21.9. The normalized spacial score (nSPS) is 16.0. The van der Waals surface area contributed by atoms with E-state index in [1.165, 1.54) is 5.69 Å². The number of piperazine rings is 1. The number of phenolic OH excluding ortho intramolecular Hbond substituents is 1. The van der Waals surface area contributed by atoms with Crippen molar-refractivity contribution in [2.45, 2.75) is 12.6 Å². The van der Waals surface area contributed by atoms with Crippen LogP contribution in [0.4, 0.5) is 5.69 Å². The lowest BCUT2D eigenvalue weighted by Crippen LogP contribution is -2.43. The Balaban J connectivity index is 1.24. The molecule has 3 N–H and O–H groups in total. The summed E-state index contributed by atoms with van der Waals surface area (Å²) in [5.41, 5.74) is 7.34. The van der Waals surface area contributed by atoms with Gasteiger partial charge in [0.2, 0.25) is 0 Å². The van der Waals surface area contributed by atoms with Crippen LogP contribution in [0.2, 0.25) is 5.02 Å². The Morgan fingerprint density at radius 3 is 2.42 bits per heavy atom. The lowest BCUT2D eigenvalue weighted by atomic mass is 10.00. The smallest absolute Gasteiger partial charge is 0.255 e. The molecule has 1 atom stereocenters. The summed E-state index contributed by atoms with van der Waals surface area (Å²) < 4.78 is 0. The fraction of sp³-hybridized carbons (Fsp3) is 0.182. The number of anilines is 1. The largest absolute Gasteiger partial charge is 0.508 e. The minimum absolute atomic E-state index is 0.0719. The van der Waals surface area contributed by atoms with Crippen molar-refractivity contribution < 1.29 is 9.90 Å². The van der Waals surface area contributed by atoms with Gasteiger partial charge in [0.25, 0.3) is 5.91 Å². The van der Waals surface area contributed by atoms with E-state index in [0.717, 1.165) is 59.5 Å². The molecular weight excluding hydrogens is 520 g/mol. The van der Waals surface area contributed by atoms with Crippen LogP contribution in [0.25, 0.3) is 22.0 Å². The van der Waals surface area contributed by atoms with Gasteiger partial charge in [-0.25, -0.2) is 0 Å². The molecule has 1 aromatic heterocycles. The molecule has 7 heteroatoms. The molecule has 0 spiro atoms. The van der Waals surface area contributed by atoms with Crippen molar-refractivity contribution in [3.05, 3.63) is 118 Å². The van der Waals surface area contributed by atoms with Gasteiger partial charge in [-0.05, 0) is 70.6 Å². The van der Waals surface area contributed by atoms with Gasteiger partial charge in [-0.15, -0.1) is 0 Å². The number of aromatic nitrogens is 1. The number of aromatic amines is 1. The zero-order valence-corrected chi connectivity index (χ0v) is 22.7. The molecule has 7 rings (SSSR count). The number of phenols is 1. The average Bonchev–Trinajstić information content (AvgIpc) is 3.56. The number of H-pyrrole nitrogens is 1. The Hall–Kier alpha value is -4.26. The summed E-state index contributed by atoms with van der Waals surface area (Å²) in [7, 11) is 0. The van der Waals surface area contributed by atoms with Gasteiger partial charge in [0.1, 0.15) is 11.8 Å². The van der Waals surface area contributed by atoms with Gasteiger partial charge in [-0.3, -0.25) is 4.79 Å². The molecule has 1 saturated heterocycles. The number of amides is 1. The number of nitrogens with one attached hydrogen (secondary N) is 2. The number of halogens is 1. The predicted molar refractivity (Wildman–Crippen MR) is 160 cm³/mol. The number of carbonyl (C=O) groups excluding carboxylic acids is 1. The minimum Gasteiger partial charge on any atom is -0.508 e. The fourth-order valence-electron chi connectivity index (χ4n) is 5.99. The first kappa shape index (κ1) is 24.8. The standard InChI is InChI=1S/C33H29ClN4O2/c34-25-9-12-31(39)28(19-25)32(30-18-23-3-1-2-4-29(23)36-30)38-20-24-6-5-22(17-27(24)33(38)40)21-7-10-26(11-8-21)37-15-13-35-14-16-37/h1-12,17-19,32,35-36,39H,13-16,20H2. The van der Waals surface area contributed by atoms with Crippen LogP contribution >= 0.6 is 11.6 Å². The number of para-hydroxylation sites is 1. The molecule has 5 aromatic rings. The SMILES string of the molecule is O=C1c2cc(-c3ccc(N4CCNCC4)cc3)ccc2CN1C(c1cc2ccccc2[nH]1)c1cc(Cl)ccc1O. The van der Waals surface area contributed by atoms with Crippen LogP contribution in [-0.4, -0.2) is 47.1 Å². The average molecular weight is 549 g/mol. The van der Waals surface area contributed by atoms with Crippen molar-refractivity contribution >= 4 is 34.1 Å². The number of aromatic hydroxyl groups is 1. The highest BCUT2D eigenvalue weighted by Crippen LogP contribution is 2.41. The van der Waals surface area contributed by atoms with E-state index in [1.54, 1.807) is 18.2 Å². The second-order valence-electron chi connectivity index (χ2n) is 10.5. The summed E-state index contributed by atoms with van der Waals surface area (Å²) in [5, 5.41) is 15.8. The Labute approximate surface area is 237 Å². The van der Waals surface area contributed by atoms with Crippen LogP contribution in [0.15, 0.2) is 91.0 Å². The van der Waals surface area contributed by atoms with Crippen LogP contribution in [0.5, 0.6) is 5.75 Å². The zero-order chi connectivity index (χ0) is 27.2.